The van der Waals surface area contributed by atoms with Gasteiger partial charge in [-0.15, -0.1) is 0 Å². The Labute approximate surface area is 117 Å². The van der Waals surface area contributed by atoms with Crippen LogP contribution in [0, 0.1) is 11.3 Å². The lowest BCUT2D eigenvalue weighted by atomic mass is 9.94. The second kappa shape index (κ2) is 6.67. The number of pyridine rings is 1. The minimum atomic E-state index is -0.523. The average Bonchev–Trinajstić information content (AvgIpc) is 2.53. The first-order valence-electron chi connectivity index (χ1n) is 6.39. The van der Waals surface area contributed by atoms with Gasteiger partial charge >= 0.3 is 0 Å². The van der Waals surface area contributed by atoms with Crippen molar-refractivity contribution in [3.63, 3.8) is 0 Å². The van der Waals surface area contributed by atoms with Gasteiger partial charge in [0.15, 0.2) is 0 Å². The third-order valence-corrected chi connectivity index (χ3v) is 3.13. The number of aromatic nitrogens is 1. The number of hydrogen-bond donors (Lipinski definition) is 0. The summed E-state index contributed by atoms with van der Waals surface area (Å²) in [6.45, 7) is 1.57. The van der Waals surface area contributed by atoms with Crippen LogP contribution >= 0.6 is 0 Å². The van der Waals surface area contributed by atoms with Crippen LogP contribution in [0.4, 0.5) is 4.39 Å². The normalized spacial score (nSPS) is 11.7. The molecule has 1 aromatic carbocycles. The summed E-state index contributed by atoms with van der Waals surface area (Å²) in [6.07, 6.45) is 1.73. The first-order chi connectivity index (χ1) is 9.74. The average molecular weight is 270 g/mol. The Kier molecular flexibility index (Phi) is 4.67. The highest BCUT2D eigenvalue weighted by Gasteiger charge is 2.09. The molecule has 0 saturated heterocycles. The lowest BCUT2D eigenvalue weighted by Crippen LogP contribution is -2.02. The second-order valence-corrected chi connectivity index (χ2v) is 4.42. The molecule has 2 aromatic rings. The van der Waals surface area contributed by atoms with Crippen molar-refractivity contribution < 1.29 is 9.13 Å². The Bertz CT molecular complexity index is 587. The third kappa shape index (κ3) is 3.33. The molecule has 20 heavy (non-hydrogen) atoms. The van der Waals surface area contributed by atoms with Gasteiger partial charge < -0.3 is 4.74 Å². The molecule has 1 atom stereocenters. The zero-order chi connectivity index (χ0) is 14.4. The molecule has 1 unspecified atom stereocenters. The summed E-state index contributed by atoms with van der Waals surface area (Å²) in [6, 6.07) is 13.3. The molecule has 0 amide bonds. The molecule has 0 spiro atoms. The molecule has 2 rings (SSSR count). The van der Waals surface area contributed by atoms with E-state index in [-0.39, 0.29) is 12.5 Å². The van der Waals surface area contributed by atoms with Gasteiger partial charge in [-0.1, -0.05) is 25.1 Å². The third-order valence-electron chi connectivity index (χ3n) is 3.13. The molecule has 0 N–H and O–H groups in total. The minimum Gasteiger partial charge on any atom is -0.475 e. The maximum absolute atomic E-state index is 12.0. The number of nitriles is 1. The molecule has 1 heterocycles. The molecule has 1 aromatic heterocycles. The maximum atomic E-state index is 12.0. The summed E-state index contributed by atoms with van der Waals surface area (Å²) in [5.41, 5.74) is 2.81. The predicted molar refractivity (Wildman–Crippen MR) is 74.4 cm³/mol. The summed E-state index contributed by atoms with van der Waals surface area (Å²) in [5, 5.41) is 8.78. The maximum Gasteiger partial charge on any atom is 0.213 e. The Morgan fingerprint density at radius 2 is 1.90 bits per heavy atom. The molecule has 0 aliphatic rings. The van der Waals surface area contributed by atoms with Crippen LogP contribution in [-0.4, -0.2) is 18.3 Å². The van der Waals surface area contributed by atoms with E-state index in [2.05, 4.69) is 18.0 Å². The van der Waals surface area contributed by atoms with E-state index < -0.39 is 6.67 Å². The van der Waals surface area contributed by atoms with Crippen molar-refractivity contribution in [2.24, 2.45) is 0 Å². The van der Waals surface area contributed by atoms with Crippen LogP contribution in [0.3, 0.4) is 0 Å². The van der Waals surface area contributed by atoms with Crippen molar-refractivity contribution in [2.45, 2.75) is 12.8 Å². The van der Waals surface area contributed by atoms with Gasteiger partial charge in [0.05, 0.1) is 11.6 Å². The van der Waals surface area contributed by atoms with Crippen LogP contribution in [0.15, 0.2) is 42.6 Å². The van der Waals surface area contributed by atoms with E-state index in [1.165, 1.54) is 0 Å². The standard InChI is InChI=1S/C16H15FN2O/c1-12(14-4-2-13(10-18)3-5-14)15-6-7-16(19-11-15)20-9-8-17/h2-7,11-12H,8-9H2,1H3. The van der Waals surface area contributed by atoms with E-state index in [4.69, 9.17) is 10.00 Å². The Morgan fingerprint density at radius 1 is 1.20 bits per heavy atom. The van der Waals surface area contributed by atoms with Crippen molar-refractivity contribution in [1.82, 2.24) is 4.98 Å². The fraction of sp³-hybridized carbons (Fsp3) is 0.250. The number of benzene rings is 1. The molecule has 0 fully saturated rings. The number of hydrogen-bond acceptors (Lipinski definition) is 3. The van der Waals surface area contributed by atoms with E-state index in [9.17, 15) is 4.39 Å². The van der Waals surface area contributed by atoms with Crippen LogP contribution in [0.5, 0.6) is 5.88 Å². The van der Waals surface area contributed by atoms with E-state index in [0.29, 0.717) is 11.4 Å². The molecule has 3 nitrogen and oxygen atoms in total. The van der Waals surface area contributed by atoms with Gasteiger partial charge in [-0.25, -0.2) is 9.37 Å². The quantitative estimate of drug-likeness (QED) is 0.836. The van der Waals surface area contributed by atoms with Gasteiger partial charge in [0.1, 0.15) is 13.3 Å². The molecule has 0 aliphatic heterocycles. The Hall–Kier alpha value is -2.41. The highest BCUT2D eigenvalue weighted by Crippen LogP contribution is 2.24. The number of ether oxygens (including phenoxy) is 1. The first kappa shape index (κ1) is 14.0. The lowest BCUT2D eigenvalue weighted by molar-refractivity contribution is 0.264. The van der Waals surface area contributed by atoms with Crippen molar-refractivity contribution in [3.8, 4) is 11.9 Å². The molecule has 0 radical (unpaired) electrons. The summed E-state index contributed by atoms with van der Waals surface area (Å²) in [4.78, 5) is 4.16. The molecule has 0 bridgehead atoms. The number of nitrogens with zero attached hydrogens (tertiary/aromatic N) is 2. The Balaban J connectivity index is 2.11. The highest BCUT2D eigenvalue weighted by molar-refractivity contribution is 5.37. The van der Waals surface area contributed by atoms with Crippen LogP contribution < -0.4 is 4.74 Å². The summed E-state index contributed by atoms with van der Waals surface area (Å²) >= 11 is 0. The summed E-state index contributed by atoms with van der Waals surface area (Å²) in [5.74, 6) is 0.601. The number of halogens is 1. The number of rotatable bonds is 5. The molecule has 0 saturated carbocycles. The fourth-order valence-electron chi connectivity index (χ4n) is 1.92. The van der Waals surface area contributed by atoms with Crippen LogP contribution in [0.1, 0.15) is 29.5 Å². The van der Waals surface area contributed by atoms with Gasteiger partial charge in [-0.3, -0.25) is 0 Å². The Morgan fingerprint density at radius 3 is 2.45 bits per heavy atom. The largest absolute Gasteiger partial charge is 0.475 e. The van der Waals surface area contributed by atoms with Crippen molar-refractivity contribution in [1.29, 1.82) is 5.26 Å². The van der Waals surface area contributed by atoms with Crippen LogP contribution in [-0.2, 0) is 0 Å². The second-order valence-electron chi connectivity index (χ2n) is 4.42. The molecule has 4 heteroatoms. The SMILES string of the molecule is CC(c1ccc(C#N)cc1)c1ccc(OCCF)nc1. The van der Waals surface area contributed by atoms with Crippen molar-refractivity contribution >= 4 is 0 Å². The lowest BCUT2D eigenvalue weighted by Gasteiger charge is -2.12. The van der Waals surface area contributed by atoms with Gasteiger partial charge in [0.25, 0.3) is 0 Å². The van der Waals surface area contributed by atoms with Crippen LogP contribution in [0.25, 0.3) is 0 Å². The van der Waals surface area contributed by atoms with Gasteiger partial charge in [0, 0.05) is 18.2 Å². The molecule has 102 valence electrons. The molecular formula is C16H15FN2O. The van der Waals surface area contributed by atoms with Gasteiger partial charge in [-0.05, 0) is 23.3 Å². The van der Waals surface area contributed by atoms with Gasteiger partial charge in [-0.2, -0.15) is 5.26 Å². The fourth-order valence-corrected chi connectivity index (χ4v) is 1.92. The monoisotopic (exact) mass is 270 g/mol. The van der Waals surface area contributed by atoms with Crippen LogP contribution in [0.2, 0.25) is 0 Å². The van der Waals surface area contributed by atoms with E-state index in [0.717, 1.165) is 11.1 Å². The first-order valence-corrected chi connectivity index (χ1v) is 6.39. The van der Waals surface area contributed by atoms with Gasteiger partial charge in [0.2, 0.25) is 5.88 Å². The predicted octanol–water partition coefficient (Wildman–Crippen LogP) is 3.45. The zero-order valence-electron chi connectivity index (χ0n) is 11.2. The molecule has 0 aliphatic carbocycles. The topological polar surface area (TPSA) is 45.9 Å². The van der Waals surface area contributed by atoms with E-state index in [1.807, 2.05) is 18.2 Å². The minimum absolute atomic E-state index is 0.0253. The van der Waals surface area contributed by atoms with Crippen molar-refractivity contribution in [2.75, 3.05) is 13.3 Å². The highest BCUT2D eigenvalue weighted by atomic mass is 19.1. The smallest absolute Gasteiger partial charge is 0.213 e. The zero-order valence-corrected chi connectivity index (χ0v) is 11.2. The summed E-state index contributed by atoms with van der Waals surface area (Å²) < 4.78 is 17.1. The van der Waals surface area contributed by atoms with E-state index >= 15 is 0 Å². The van der Waals surface area contributed by atoms with Crippen molar-refractivity contribution in [3.05, 3.63) is 59.3 Å². The summed E-state index contributed by atoms with van der Waals surface area (Å²) in [7, 11) is 0. The molecular weight excluding hydrogens is 255 g/mol. The number of alkyl halides is 1. The van der Waals surface area contributed by atoms with E-state index in [1.54, 1.807) is 24.4 Å².